The molecular weight excluding hydrogens is 386 g/mol. The van der Waals surface area contributed by atoms with E-state index in [1.165, 1.54) is 0 Å². The molecule has 29 heavy (non-hydrogen) atoms. The average Bonchev–Trinajstić information content (AvgIpc) is 3.16. The Balaban J connectivity index is 1.84. The summed E-state index contributed by atoms with van der Waals surface area (Å²) in [6, 6.07) is 13.9. The molecule has 1 N–H and O–H groups in total. The van der Waals surface area contributed by atoms with Crippen LogP contribution < -0.4 is 14.9 Å². The number of nitrogens with one attached hydrogen (secondary N) is 1. The Hall–Kier alpha value is -3.02. The minimum Gasteiger partial charge on any atom is -0.493 e. The Morgan fingerprint density at radius 2 is 2.00 bits per heavy atom. The average molecular weight is 407 g/mol. The van der Waals surface area contributed by atoms with Gasteiger partial charge in [-0.25, -0.2) is 5.43 Å². The van der Waals surface area contributed by atoms with Gasteiger partial charge in [0.15, 0.2) is 17.7 Å². The van der Waals surface area contributed by atoms with Crippen LogP contribution in [0.15, 0.2) is 53.7 Å². The van der Waals surface area contributed by atoms with Crippen LogP contribution in [0.25, 0.3) is 5.70 Å². The molecule has 4 rings (SSSR count). The standard InChI is InChI=1S/C21H21N5O2S/c1-27-18-8-7-13(10-19(18)28-2)17-11-16(15-6-4-5-9-23-15)24-20-14(12-22)21(29-3)25-26(17)20/h4-11,14,20-21,25H,1-3H3. The number of nitriles is 1. The van der Waals surface area contributed by atoms with Crippen LogP contribution in [0.5, 0.6) is 11.5 Å². The summed E-state index contributed by atoms with van der Waals surface area (Å²) in [7, 11) is 3.23. The second-order valence-electron chi connectivity index (χ2n) is 6.55. The van der Waals surface area contributed by atoms with Gasteiger partial charge in [-0.2, -0.15) is 5.26 Å². The lowest BCUT2D eigenvalue weighted by Gasteiger charge is -2.31. The lowest BCUT2D eigenvalue weighted by Crippen LogP contribution is -2.39. The smallest absolute Gasteiger partial charge is 0.161 e. The molecule has 1 saturated heterocycles. The molecule has 1 aromatic carbocycles. The first-order valence-corrected chi connectivity index (χ1v) is 10.4. The largest absolute Gasteiger partial charge is 0.493 e. The van der Waals surface area contributed by atoms with Crippen LogP contribution >= 0.6 is 11.8 Å². The highest BCUT2D eigenvalue weighted by molar-refractivity contribution is 7.99. The number of thioether (sulfide) groups is 1. The van der Waals surface area contributed by atoms with Gasteiger partial charge in [0, 0.05) is 11.8 Å². The Kier molecular flexibility index (Phi) is 5.43. The number of nitrogens with zero attached hydrogens (tertiary/aromatic N) is 4. The summed E-state index contributed by atoms with van der Waals surface area (Å²) >= 11 is 1.61. The number of pyridine rings is 1. The van der Waals surface area contributed by atoms with Crippen LogP contribution in [0, 0.1) is 17.2 Å². The number of hydrogen-bond acceptors (Lipinski definition) is 8. The van der Waals surface area contributed by atoms with Crippen molar-refractivity contribution in [2.45, 2.75) is 11.5 Å². The predicted octanol–water partition coefficient (Wildman–Crippen LogP) is 2.92. The van der Waals surface area contributed by atoms with Crippen molar-refractivity contribution in [3.8, 4) is 17.6 Å². The van der Waals surface area contributed by atoms with E-state index in [0.29, 0.717) is 11.5 Å². The number of aromatic nitrogens is 1. The maximum atomic E-state index is 9.80. The van der Waals surface area contributed by atoms with E-state index in [2.05, 4.69) is 16.5 Å². The van der Waals surface area contributed by atoms with Crippen LogP contribution in [0.1, 0.15) is 11.3 Å². The summed E-state index contributed by atoms with van der Waals surface area (Å²) in [6.07, 6.45) is 5.38. The Labute approximate surface area is 174 Å². The first-order chi connectivity index (χ1) is 14.2. The number of fused-ring (bicyclic) bond motifs is 1. The van der Waals surface area contributed by atoms with Gasteiger partial charge >= 0.3 is 0 Å². The highest BCUT2D eigenvalue weighted by atomic mass is 32.2. The van der Waals surface area contributed by atoms with Gasteiger partial charge in [0.25, 0.3) is 0 Å². The Morgan fingerprint density at radius 1 is 1.17 bits per heavy atom. The number of benzene rings is 1. The molecule has 0 radical (unpaired) electrons. The molecule has 0 aliphatic carbocycles. The maximum Gasteiger partial charge on any atom is 0.161 e. The van der Waals surface area contributed by atoms with Gasteiger partial charge in [-0.1, -0.05) is 6.07 Å². The first kappa shape index (κ1) is 19.3. The fraction of sp³-hybridized carbons (Fsp3) is 0.286. The summed E-state index contributed by atoms with van der Waals surface area (Å²) in [5.74, 6) is 1.00. The van der Waals surface area contributed by atoms with Crippen molar-refractivity contribution in [1.29, 1.82) is 5.26 Å². The topological polar surface area (TPSA) is 82.8 Å². The summed E-state index contributed by atoms with van der Waals surface area (Å²) < 4.78 is 10.9. The zero-order valence-electron chi connectivity index (χ0n) is 16.4. The molecular formula is C21H21N5O2S. The minimum atomic E-state index is -0.345. The quantitative estimate of drug-likeness (QED) is 0.816. The third kappa shape index (κ3) is 3.43. The van der Waals surface area contributed by atoms with Crippen molar-refractivity contribution in [2.75, 3.05) is 20.5 Å². The van der Waals surface area contributed by atoms with Crippen molar-refractivity contribution < 1.29 is 9.47 Å². The second kappa shape index (κ2) is 8.15. The van der Waals surface area contributed by atoms with Crippen molar-refractivity contribution >= 4 is 23.2 Å². The number of hydrogen-bond donors (Lipinski definition) is 1. The van der Waals surface area contributed by atoms with Gasteiger partial charge in [-0.3, -0.25) is 15.0 Å². The van der Waals surface area contributed by atoms with Crippen molar-refractivity contribution in [1.82, 2.24) is 15.4 Å². The predicted molar refractivity (Wildman–Crippen MR) is 113 cm³/mol. The third-order valence-electron chi connectivity index (χ3n) is 4.99. The van der Waals surface area contributed by atoms with E-state index in [9.17, 15) is 5.26 Å². The zero-order valence-corrected chi connectivity index (χ0v) is 17.2. The molecule has 3 unspecified atom stereocenters. The van der Waals surface area contributed by atoms with Gasteiger partial charge in [0.05, 0.1) is 42.8 Å². The zero-order chi connectivity index (χ0) is 20.4. The summed E-state index contributed by atoms with van der Waals surface area (Å²) in [5, 5.41) is 11.7. The molecule has 0 amide bonds. The first-order valence-electron chi connectivity index (χ1n) is 9.11. The number of allylic oxidation sites excluding steroid dienone is 1. The number of aliphatic imine (C=N–C) groups is 1. The van der Waals surface area contributed by atoms with Gasteiger partial charge in [-0.05, 0) is 42.7 Å². The molecule has 1 aromatic heterocycles. The number of ether oxygens (including phenoxy) is 2. The van der Waals surface area contributed by atoms with Gasteiger partial charge in [0.1, 0.15) is 5.92 Å². The molecule has 7 nitrogen and oxygen atoms in total. The van der Waals surface area contributed by atoms with Crippen molar-refractivity contribution in [3.63, 3.8) is 0 Å². The summed E-state index contributed by atoms with van der Waals surface area (Å²) in [6.45, 7) is 0. The highest BCUT2D eigenvalue weighted by Crippen LogP contribution is 2.39. The molecule has 2 aliphatic rings. The SMILES string of the molecule is COc1ccc(C2=CC(c3ccccn3)=NC3C(C#N)C(SC)NN23)cc1OC. The highest BCUT2D eigenvalue weighted by Gasteiger charge is 2.44. The molecule has 0 spiro atoms. The molecule has 2 aliphatic heterocycles. The van der Waals surface area contributed by atoms with Crippen LogP contribution in [0.2, 0.25) is 0 Å². The van der Waals surface area contributed by atoms with Crippen LogP contribution in [0.3, 0.4) is 0 Å². The van der Waals surface area contributed by atoms with E-state index in [1.54, 1.807) is 32.2 Å². The van der Waals surface area contributed by atoms with E-state index >= 15 is 0 Å². The summed E-state index contributed by atoms with van der Waals surface area (Å²) in [4.78, 5) is 9.31. The Morgan fingerprint density at radius 3 is 2.66 bits per heavy atom. The summed E-state index contributed by atoms with van der Waals surface area (Å²) in [5.41, 5.74) is 6.80. The number of rotatable bonds is 5. The third-order valence-corrected chi connectivity index (χ3v) is 5.90. The van der Waals surface area contributed by atoms with Crippen molar-refractivity contribution in [2.24, 2.45) is 10.9 Å². The fourth-order valence-electron chi connectivity index (χ4n) is 3.55. The molecule has 3 heterocycles. The van der Waals surface area contributed by atoms with E-state index in [4.69, 9.17) is 14.5 Å². The monoisotopic (exact) mass is 407 g/mol. The minimum absolute atomic E-state index is 0.0552. The Bertz CT molecular complexity index is 1000. The maximum absolute atomic E-state index is 9.80. The van der Waals surface area contributed by atoms with Gasteiger partial charge in [-0.15, -0.1) is 11.8 Å². The molecule has 2 aromatic rings. The second-order valence-corrected chi connectivity index (χ2v) is 7.53. The molecule has 8 heteroatoms. The van der Waals surface area contributed by atoms with Crippen LogP contribution in [-0.4, -0.2) is 47.7 Å². The lowest BCUT2D eigenvalue weighted by atomic mass is 10.0. The van der Waals surface area contributed by atoms with E-state index in [0.717, 1.165) is 22.7 Å². The van der Waals surface area contributed by atoms with E-state index in [1.807, 2.05) is 53.7 Å². The van der Waals surface area contributed by atoms with E-state index in [-0.39, 0.29) is 17.5 Å². The molecule has 1 fully saturated rings. The van der Waals surface area contributed by atoms with Crippen molar-refractivity contribution in [3.05, 3.63) is 59.9 Å². The fourth-order valence-corrected chi connectivity index (χ4v) is 4.26. The van der Waals surface area contributed by atoms with Crippen LogP contribution in [0.4, 0.5) is 0 Å². The molecule has 0 bridgehead atoms. The van der Waals surface area contributed by atoms with Crippen LogP contribution in [-0.2, 0) is 0 Å². The lowest BCUT2D eigenvalue weighted by molar-refractivity contribution is 0.286. The molecule has 3 atom stereocenters. The molecule has 148 valence electrons. The normalized spacial score (nSPS) is 23.0. The van der Waals surface area contributed by atoms with Gasteiger partial charge < -0.3 is 9.47 Å². The molecule has 0 saturated carbocycles. The van der Waals surface area contributed by atoms with E-state index < -0.39 is 0 Å². The number of hydrazine groups is 1. The number of methoxy groups -OCH3 is 2. The van der Waals surface area contributed by atoms with Gasteiger partial charge in [0.2, 0.25) is 0 Å².